The number of aromatic carboxylic acids is 1. The summed E-state index contributed by atoms with van der Waals surface area (Å²) in [5.41, 5.74) is 7.57. The summed E-state index contributed by atoms with van der Waals surface area (Å²) in [6.45, 7) is 0. The molecule has 0 unspecified atom stereocenters. The predicted molar refractivity (Wildman–Crippen MR) is 80.2 cm³/mol. The molecule has 0 saturated heterocycles. The Morgan fingerprint density at radius 3 is 2.55 bits per heavy atom. The number of H-pyrrole nitrogens is 1. The van der Waals surface area contributed by atoms with Crippen molar-refractivity contribution in [3.05, 3.63) is 54.2 Å². The van der Waals surface area contributed by atoms with Gasteiger partial charge in [-0.05, 0) is 18.2 Å². The van der Waals surface area contributed by atoms with Crippen LogP contribution in [-0.2, 0) is 0 Å². The van der Waals surface area contributed by atoms with E-state index in [2.05, 4.69) is 4.98 Å². The molecule has 5 heteroatoms. The number of benzene rings is 2. The van der Waals surface area contributed by atoms with E-state index in [0.29, 0.717) is 10.6 Å². The van der Waals surface area contributed by atoms with Crippen molar-refractivity contribution in [2.75, 3.05) is 5.73 Å². The molecule has 0 bridgehead atoms. The van der Waals surface area contributed by atoms with Gasteiger partial charge in [0.2, 0.25) is 0 Å². The minimum atomic E-state index is -0.974. The van der Waals surface area contributed by atoms with Crippen LogP contribution in [-0.4, -0.2) is 16.1 Å². The van der Waals surface area contributed by atoms with Gasteiger partial charge in [-0.2, -0.15) is 0 Å². The van der Waals surface area contributed by atoms with Crippen LogP contribution in [0.25, 0.3) is 10.9 Å². The van der Waals surface area contributed by atoms with Gasteiger partial charge in [-0.25, -0.2) is 4.79 Å². The van der Waals surface area contributed by atoms with Crippen LogP contribution in [0.15, 0.2) is 58.3 Å². The lowest BCUT2D eigenvalue weighted by molar-refractivity contribution is 0.0688. The number of para-hydroxylation sites is 2. The number of fused-ring (bicyclic) bond motifs is 1. The molecular formula is C15H12N2O2S. The molecule has 20 heavy (non-hydrogen) atoms. The first-order valence-corrected chi connectivity index (χ1v) is 6.85. The number of nitrogens with one attached hydrogen (secondary N) is 1. The van der Waals surface area contributed by atoms with Gasteiger partial charge in [0.15, 0.2) is 0 Å². The number of hydrogen-bond donors (Lipinski definition) is 3. The molecule has 0 spiro atoms. The highest BCUT2D eigenvalue weighted by atomic mass is 32.2. The summed E-state index contributed by atoms with van der Waals surface area (Å²) < 4.78 is 0. The molecule has 2 aromatic carbocycles. The van der Waals surface area contributed by atoms with E-state index in [1.807, 2.05) is 42.5 Å². The van der Waals surface area contributed by atoms with Crippen molar-refractivity contribution in [3.8, 4) is 0 Å². The van der Waals surface area contributed by atoms with Crippen molar-refractivity contribution in [1.29, 1.82) is 0 Å². The van der Waals surface area contributed by atoms with Crippen LogP contribution in [0.5, 0.6) is 0 Å². The minimum absolute atomic E-state index is 0.194. The highest BCUT2D eigenvalue weighted by molar-refractivity contribution is 7.99. The van der Waals surface area contributed by atoms with Crippen LogP contribution in [0.1, 0.15) is 10.5 Å². The molecule has 0 amide bonds. The van der Waals surface area contributed by atoms with Crippen molar-refractivity contribution in [2.45, 2.75) is 9.79 Å². The Kier molecular flexibility index (Phi) is 3.12. The number of aromatic nitrogens is 1. The highest BCUT2D eigenvalue weighted by Crippen LogP contribution is 2.38. The molecule has 1 aromatic heterocycles. The molecule has 0 aliphatic rings. The van der Waals surface area contributed by atoms with Gasteiger partial charge in [0, 0.05) is 21.5 Å². The van der Waals surface area contributed by atoms with E-state index in [1.165, 1.54) is 11.8 Å². The lowest BCUT2D eigenvalue weighted by Crippen LogP contribution is -1.98. The van der Waals surface area contributed by atoms with E-state index in [1.54, 1.807) is 6.07 Å². The normalized spacial score (nSPS) is 10.8. The second-order valence-corrected chi connectivity index (χ2v) is 5.37. The van der Waals surface area contributed by atoms with Gasteiger partial charge in [-0.15, -0.1) is 0 Å². The Labute approximate surface area is 119 Å². The summed E-state index contributed by atoms with van der Waals surface area (Å²) in [5, 5.41) is 10.2. The first kappa shape index (κ1) is 12.6. The molecule has 1 heterocycles. The molecule has 0 fully saturated rings. The number of nitrogens with two attached hydrogens (primary N) is 1. The molecule has 0 aliphatic carbocycles. The van der Waals surface area contributed by atoms with Crippen molar-refractivity contribution < 1.29 is 9.90 Å². The summed E-state index contributed by atoms with van der Waals surface area (Å²) >= 11 is 1.37. The molecule has 0 radical (unpaired) electrons. The van der Waals surface area contributed by atoms with E-state index in [0.717, 1.165) is 15.8 Å². The Morgan fingerprint density at radius 2 is 1.80 bits per heavy atom. The van der Waals surface area contributed by atoms with Crippen molar-refractivity contribution >= 4 is 34.3 Å². The molecule has 0 atom stereocenters. The zero-order valence-electron chi connectivity index (χ0n) is 10.5. The van der Waals surface area contributed by atoms with E-state index in [4.69, 9.17) is 5.73 Å². The SMILES string of the molecule is Nc1ccccc1Sc1c(C(=O)O)[nH]c2ccccc12. The first-order chi connectivity index (χ1) is 9.66. The number of carbonyl (C=O) groups is 1. The number of carboxylic acids is 1. The van der Waals surface area contributed by atoms with E-state index >= 15 is 0 Å². The van der Waals surface area contributed by atoms with Gasteiger partial charge in [-0.3, -0.25) is 0 Å². The van der Waals surface area contributed by atoms with Gasteiger partial charge in [0.05, 0.1) is 4.90 Å². The monoisotopic (exact) mass is 284 g/mol. The molecule has 4 N–H and O–H groups in total. The maximum atomic E-state index is 11.4. The Balaban J connectivity index is 2.17. The van der Waals surface area contributed by atoms with Crippen LogP contribution in [0, 0.1) is 0 Å². The number of rotatable bonds is 3. The fraction of sp³-hybridized carbons (Fsp3) is 0. The lowest BCUT2D eigenvalue weighted by atomic mass is 10.2. The van der Waals surface area contributed by atoms with Crippen LogP contribution in [0.2, 0.25) is 0 Å². The first-order valence-electron chi connectivity index (χ1n) is 6.03. The summed E-state index contributed by atoms with van der Waals surface area (Å²) in [6.07, 6.45) is 0. The Morgan fingerprint density at radius 1 is 1.10 bits per heavy atom. The van der Waals surface area contributed by atoms with Crippen LogP contribution >= 0.6 is 11.8 Å². The predicted octanol–water partition coefficient (Wildman–Crippen LogP) is 3.60. The summed E-state index contributed by atoms with van der Waals surface area (Å²) in [6, 6.07) is 14.9. The second kappa shape index (κ2) is 4.94. The third-order valence-electron chi connectivity index (χ3n) is 3.00. The number of nitrogen functional groups attached to an aromatic ring is 1. The number of anilines is 1. The molecule has 0 aliphatic heterocycles. The summed E-state index contributed by atoms with van der Waals surface area (Å²) in [4.78, 5) is 15.9. The fourth-order valence-electron chi connectivity index (χ4n) is 2.06. The average Bonchev–Trinajstić information content (AvgIpc) is 2.81. The fourth-order valence-corrected chi connectivity index (χ4v) is 3.14. The van der Waals surface area contributed by atoms with E-state index in [-0.39, 0.29) is 5.69 Å². The number of aromatic amines is 1. The standard InChI is InChI=1S/C15H12N2O2S/c16-10-6-2-4-8-12(10)20-14-9-5-1-3-7-11(9)17-13(14)15(18)19/h1-8,17H,16H2,(H,18,19). The molecule has 3 aromatic rings. The van der Waals surface area contributed by atoms with Gasteiger partial charge < -0.3 is 15.8 Å². The smallest absolute Gasteiger partial charge is 0.353 e. The van der Waals surface area contributed by atoms with Crippen molar-refractivity contribution in [3.63, 3.8) is 0 Å². The van der Waals surface area contributed by atoms with Crippen LogP contribution in [0.4, 0.5) is 5.69 Å². The Bertz CT molecular complexity index is 795. The highest BCUT2D eigenvalue weighted by Gasteiger charge is 2.18. The Hall–Kier alpha value is -2.40. The van der Waals surface area contributed by atoms with Gasteiger partial charge in [0.25, 0.3) is 0 Å². The maximum absolute atomic E-state index is 11.4. The summed E-state index contributed by atoms with van der Waals surface area (Å²) in [7, 11) is 0. The van der Waals surface area contributed by atoms with E-state index < -0.39 is 5.97 Å². The third-order valence-corrected chi connectivity index (χ3v) is 4.22. The van der Waals surface area contributed by atoms with Crippen LogP contribution < -0.4 is 5.73 Å². The van der Waals surface area contributed by atoms with Crippen molar-refractivity contribution in [1.82, 2.24) is 4.98 Å². The zero-order chi connectivity index (χ0) is 14.1. The summed E-state index contributed by atoms with van der Waals surface area (Å²) in [5.74, 6) is -0.974. The van der Waals surface area contributed by atoms with Crippen LogP contribution in [0.3, 0.4) is 0 Å². The molecule has 4 nitrogen and oxygen atoms in total. The van der Waals surface area contributed by atoms with Gasteiger partial charge >= 0.3 is 5.97 Å². The van der Waals surface area contributed by atoms with Gasteiger partial charge in [-0.1, -0.05) is 42.1 Å². The molecule has 3 rings (SSSR count). The minimum Gasteiger partial charge on any atom is -0.477 e. The number of carboxylic acid groups (broad SMARTS) is 1. The zero-order valence-corrected chi connectivity index (χ0v) is 11.3. The molecular weight excluding hydrogens is 272 g/mol. The lowest BCUT2D eigenvalue weighted by Gasteiger charge is -2.05. The van der Waals surface area contributed by atoms with Crippen molar-refractivity contribution in [2.24, 2.45) is 0 Å². The number of hydrogen-bond acceptors (Lipinski definition) is 3. The molecule has 0 saturated carbocycles. The topological polar surface area (TPSA) is 79.1 Å². The van der Waals surface area contributed by atoms with E-state index in [9.17, 15) is 9.90 Å². The van der Waals surface area contributed by atoms with Gasteiger partial charge in [0.1, 0.15) is 5.69 Å². The average molecular weight is 284 g/mol. The second-order valence-electron chi connectivity index (χ2n) is 4.32. The third kappa shape index (κ3) is 2.12. The largest absolute Gasteiger partial charge is 0.477 e. The quantitative estimate of drug-likeness (QED) is 0.642. The molecule has 100 valence electrons. The maximum Gasteiger partial charge on any atom is 0.353 e.